The van der Waals surface area contributed by atoms with Crippen LogP contribution in [0.25, 0.3) is 0 Å². The van der Waals surface area contributed by atoms with Crippen LogP contribution in [0.2, 0.25) is 0 Å². The topological polar surface area (TPSA) is 94.2 Å². The van der Waals surface area contributed by atoms with Gasteiger partial charge in [-0.3, -0.25) is 14.4 Å². The maximum atomic E-state index is 13.2. The SMILES string of the molecule is COc1cc(OC)c2c(c1)OC1(CCN(C(=O)c3ccc4c(c3)CCCC(=O)N4)CC1)CC2=O. The fraction of sp³-hybridized carbons (Fsp3) is 0.423. The lowest BCUT2D eigenvalue weighted by Crippen LogP contribution is -2.52. The van der Waals surface area contributed by atoms with Crippen LogP contribution in [0, 0.1) is 0 Å². The van der Waals surface area contributed by atoms with Gasteiger partial charge in [0.2, 0.25) is 5.91 Å². The highest BCUT2D eigenvalue weighted by Gasteiger charge is 2.45. The number of rotatable bonds is 3. The number of fused-ring (bicyclic) bond motifs is 2. The molecule has 1 fully saturated rings. The number of ether oxygens (including phenoxy) is 3. The van der Waals surface area contributed by atoms with Crippen LogP contribution in [0.15, 0.2) is 30.3 Å². The molecular weight excluding hydrogens is 436 g/mol. The minimum Gasteiger partial charge on any atom is -0.496 e. The van der Waals surface area contributed by atoms with Gasteiger partial charge in [0, 0.05) is 55.7 Å². The number of likely N-dealkylation sites (tertiary alicyclic amines) is 1. The van der Waals surface area contributed by atoms with Crippen LogP contribution in [0.4, 0.5) is 5.69 Å². The first-order chi connectivity index (χ1) is 16.4. The third-order valence-electron chi connectivity index (χ3n) is 7.02. The molecule has 0 aliphatic carbocycles. The molecule has 2 aromatic carbocycles. The van der Waals surface area contributed by atoms with Crippen molar-refractivity contribution in [1.82, 2.24) is 4.90 Å². The van der Waals surface area contributed by atoms with E-state index >= 15 is 0 Å². The quantitative estimate of drug-likeness (QED) is 0.746. The van der Waals surface area contributed by atoms with Gasteiger partial charge in [-0.2, -0.15) is 0 Å². The Morgan fingerprint density at radius 2 is 1.85 bits per heavy atom. The first kappa shape index (κ1) is 22.3. The van der Waals surface area contributed by atoms with E-state index in [-0.39, 0.29) is 24.0 Å². The fourth-order valence-corrected chi connectivity index (χ4v) is 5.14. The molecule has 0 aromatic heterocycles. The second-order valence-corrected chi connectivity index (χ2v) is 9.15. The Hall–Kier alpha value is -3.55. The van der Waals surface area contributed by atoms with Crippen LogP contribution >= 0.6 is 0 Å². The first-order valence-electron chi connectivity index (χ1n) is 11.6. The van der Waals surface area contributed by atoms with Crippen molar-refractivity contribution < 1.29 is 28.6 Å². The van der Waals surface area contributed by atoms with Gasteiger partial charge in [0.25, 0.3) is 5.91 Å². The van der Waals surface area contributed by atoms with Gasteiger partial charge in [0.15, 0.2) is 5.78 Å². The van der Waals surface area contributed by atoms with Gasteiger partial charge in [-0.25, -0.2) is 0 Å². The second kappa shape index (κ2) is 8.66. The number of amides is 2. The number of Topliss-reactive ketones (excluding diaryl/α,β-unsaturated/α-hetero) is 1. The number of nitrogens with zero attached hydrogens (tertiary/aromatic N) is 1. The van der Waals surface area contributed by atoms with E-state index in [4.69, 9.17) is 14.2 Å². The highest BCUT2D eigenvalue weighted by molar-refractivity contribution is 6.03. The molecule has 0 bridgehead atoms. The third kappa shape index (κ3) is 3.97. The number of carbonyl (C=O) groups excluding carboxylic acids is 3. The minimum absolute atomic E-state index is 0.0120. The Bertz CT molecular complexity index is 1170. The van der Waals surface area contributed by atoms with Crippen LogP contribution in [-0.4, -0.2) is 55.4 Å². The summed E-state index contributed by atoms with van der Waals surface area (Å²) in [6, 6.07) is 8.89. The molecule has 0 radical (unpaired) electrons. The Kier molecular flexibility index (Phi) is 5.67. The Balaban J connectivity index is 1.31. The maximum Gasteiger partial charge on any atom is 0.253 e. The molecule has 34 heavy (non-hydrogen) atoms. The predicted molar refractivity (Wildman–Crippen MR) is 125 cm³/mol. The molecule has 8 heteroatoms. The monoisotopic (exact) mass is 464 g/mol. The van der Waals surface area contributed by atoms with Crippen LogP contribution in [0.1, 0.15) is 58.4 Å². The molecule has 1 spiro atoms. The summed E-state index contributed by atoms with van der Waals surface area (Å²) in [6.07, 6.45) is 3.40. The fourth-order valence-electron chi connectivity index (χ4n) is 5.14. The van der Waals surface area contributed by atoms with E-state index in [1.165, 1.54) is 7.11 Å². The predicted octanol–water partition coefficient (Wildman–Crippen LogP) is 3.62. The molecule has 2 aromatic rings. The van der Waals surface area contributed by atoms with E-state index in [2.05, 4.69) is 5.32 Å². The van der Waals surface area contributed by atoms with Crippen LogP contribution in [0.5, 0.6) is 17.2 Å². The van der Waals surface area contributed by atoms with Crippen molar-refractivity contribution in [3.8, 4) is 17.2 Å². The molecule has 0 saturated carbocycles. The summed E-state index contributed by atoms with van der Waals surface area (Å²) in [6.45, 7) is 0.993. The molecule has 8 nitrogen and oxygen atoms in total. The van der Waals surface area contributed by atoms with Gasteiger partial charge in [-0.15, -0.1) is 0 Å². The number of hydrogen-bond acceptors (Lipinski definition) is 6. The second-order valence-electron chi connectivity index (χ2n) is 9.15. The van der Waals surface area contributed by atoms with Crippen molar-refractivity contribution in [2.45, 2.75) is 44.1 Å². The molecule has 5 rings (SSSR count). The number of hydrogen-bond donors (Lipinski definition) is 1. The number of carbonyl (C=O) groups is 3. The number of nitrogens with one attached hydrogen (secondary N) is 1. The lowest BCUT2D eigenvalue weighted by molar-refractivity contribution is -0.116. The molecule has 2 amide bonds. The molecule has 1 saturated heterocycles. The zero-order chi connectivity index (χ0) is 23.9. The number of methoxy groups -OCH3 is 2. The molecule has 0 atom stereocenters. The average molecular weight is 465 g/mol. The minimum atomic E-state index is -0.643. The average Bonchev–Trinajstić information content (AvgIpc) is 3.03. The van der Waals surface area contributed by atoms with Crippen molar-refractivity contribution in [2.24, 2.45) is 0 Å². The zero-order valence-corrected chi connectivity index (χ0v) is 19.4. The van der Waals surface area contributed by atoms with E-state index in [0.29, 0.717) is 60.7 Å². The molecule has 3 aliphatic rings. The summed E-state index contributed by atoms with van der Waals surface area (Å²) >= 11 is 0. The lowest BCUT2D eigenvalue weighted by atomic mass is 9.82. The lowest BCUT2D eigenvalue weighted by Gasteiger charge is -2.44. The molecular formula is C26H28N2O6. The smallest absolute Gasteiger partial charge is 0.253 e. The van der Waals surface area contributed by atoms with Crippen molar-refractivity contribution in [3.05, 3.63) is 47.0 Å². The standard InChI is InChI=1S/C26H28N2O6/c1-32-18-13-21(33-2)24-20(29)15-26(34-22(24)14-18)8-10-28(11-9-26)25(31)17-6-7-19-16(12-17)4-3-5-23(30)27-19/h6-7,12-14H,3-5,8-11,15H2,1-2H3,(H,27,30). The Labute approximate surface area is 198 Å². The largest absolute Gasteiger partial charge is 0.496 e. The highest BCUT2D eigenvalue weighted by Crippen LogP contribution is 2.44. The molecule has 178 valence electrons. The maximum absolute atomic E-state index is 13.2. The third-order valence-corrected chi connectivity index (χ3v) is 7.02. The van der Waals surface area contributed by atoms with E-state index in [1.807, 2.05) is 17.0 Å². The number of piperidine rings is 1. The van der Waals surface area contributed by atoms with Crippen LogP contribution in [0.3, 0.4) is 0 Å². The van der Waals surface area contributed by atoms with Crippen molar-refractivity contribution in [3.63, 3.8) is 0 Å². The van der Waals surface area contributed by atoms with Gasteiger partial charge in [-0.05, 0) is 36.6 Å². The summed E-state index contributed by atoms with van der Waals surface area (Å²) in [5, 5.41) is 2.91. The summed E-state index contributed by atoms with van der Waals surface area (Å²) in [7, 11) is 3.08. The number of benzene rings is 2. The number of aryl methyl sites for hydroxylation is 1. The highest BCUT2D eigenvalue weighted by atomic mass is 16.5. The van der Waals surface area contributed by atoms with E-state index in [9.17, 15) is 14.4 Å². The van der Waals surface area contributed by atoms with Gasteiger partial charge >= 0.3 is 0 Å². The number of ketones is 1. The van der Waals surface area contributed by atoms with Gasteiger partial charge < -0.3 is 24.4 Å². The van der Waals surface area contributed by atoms with Crippen molar-refractivity contribution in [2.75, 3.05) is 32.6 Å². The molecule has 3 aliphatic heterocycles. The molecule has 0 unspecified atom stereocenters. The van der Waals surface area contributed by atoms with Gasteiger partial charge in [0.05, 0.1) is 20.6 Å². The molecule has 3 heterocycles. The van der Waals surface area contributed by atoms with Crippen LogP contribution in [-0.2, 0) is 11.2 Å². The van der Waals surface area contributed by atoms with E-state index < -0.39 is 5.60 Å². The Morgan fingerprint density at radius 3 is 2.59 bits per heavy atom. The van der Waals surface area contributed by atoms with Crippen molar-refractivity contribution >= 4 is 23.3 Å². The zero-order valence-electron chi connectivity index (χ0n) is 19.4. The van der Waals surface area contributed by atoms with E-state index in [0.717, 1.165) is 24.1 Å². The first-order valence-corrected chi connectivity index (χ1v) is 11.6. The summed E-state index contributed by atoms with van der Waals surface area (Å²) < 4.78 is 17.1. The van der Waals surface area contributed by atoms with Crippen LogP contribution < -0.4 is 19.5 Å². The Morgan fingerprint density at radius 1 is 1.06 bits per heavy atom. The summed E-state index contributed by atoms with van der Waals surface area (Å²) in [5.41, 5.74) is 2.20. The summed E-state index contributed by atoms with van der Waals surface area (Å²) in [5.74, 6) is 1.43. The van der Waals surface area contributed by atoms with Gasteiger partial charge in [0.1, 0.15) is 28.4 Å². The van der Waals surface area contributed by atoms with Gasteiger partial charge in [-0.1, -0.05) is 0 Å². The number of anilines is 1. The summed E-state index contributed by atoms with van der Waals surface area (Å²) in [4.78, 5) is 39.9. The van der Waals surface area contributed by atoms with Crippen molar-refractivity contribution in [1.29, 1.82) is 0 Å². The molecule has 1 N–H and O–H groups in total. The normalized spacial score (nSPS) is 18.8. The van der Waals surface area contributed by atoms with E-state index in [1.54, 1.807) is 25.3 Å².